The molecule has 59 heavy (non-hydrogen) atoms. The molecule has 6 aromatic heterocycles. The van der Waals surface area contributed by atoms with Crippen LogP contribution in [0, 0.1) is 11.8 Å². The summed E-state index contributed by atoms with van der Waals surface area (Å²) in [6.45, 7) is 11.7. The SMILES string of the molecule is CC(C)CNc1cc(-c2ccncc2)nn2c(-c3ccc(C4OCCO4)cc3)cnc12.CC(C)CNc1cc(-c2ccncc2)nn2c(-c3ccc(C=O)cc3)cnc12. The summed E-state index contributed by atoms with van der Waals surface area (Å²) in [6.07, 6.45) is 11.3. The molecule has 0 radical (unpaired) electrons. The van der Waals surface area contributed by atoms with Gasteiger partial charge in [-0.15, -0.1) is 0 Å². The van der Waals surface area contributed by atoms with E-state index < -0.39 is 0 Å². The topological polar surface area (TPSA) is 146 Å². The molecule has 1 fully saturated rings. The number of carbonyl (C=O) groups excluding carboxylic acids is 1. The molecular weight excluding hydrogens is 741 g/mol. The van der Waals surface area contributed by atoms with E-state index in [2.05, 4.69) is 76.5 Å². The number of aromatic nitrogens is 8. The second-order valence-corrected chi connectivity index (χ2v) is 15.1. The van der Waals surface area contributed by atoms with Gasteiger partial charge in [-0.05, 0) is 48.2 Å². The van der Waals surface area contributed by atoms with E-state index in [1.807, 2.05) is 76.0 Å². The summed E-state index contributed by atoms with van der Waals surface area (Å²) in [5.74, 6) is 1.02. The lowest BCUT2D eigenvalue weighted by atomic mass is 10.1. The lowest BCUT2D eigenvalue weighted by Gasteiger charge is -2.13. The first-order valence-corrected chi connectivity index (χ1v) is 19.8. The van der Waals surface area contributed by atoms with E-state index in [9.17, 15) is 4.79 Å². The molecule has 1 aliphatic heterocycles. The van der Waals surface area contributed by atoms with Gasteiger partial charge in [0.25, 0.3) is 0 Å². The molecule has 2 aromatic carbocycles. The van der Waals surface area contributed by atoms with Crippen LogP contribution in [0.5, 0.6) is 0 Å². The number of nitrogens with one attached hydrogen (secondary N) is 2. The molecule has 13 nitrogen and oxygen atoms in total. The lowest BCUT2D eigenvalue weighted by Crippen LogP contribution is -2.10. The van der Waals surface area contributed by atoms with Gasteiger partial charge in [-0.1, -0.05) is 76.2 Å². The molecule has 0 spiro atoms. The number of pyridine rings is 2. The predicted molar refractivity (Wildman–Crippen MR) is 230 cm³/mol. The number of fused-ring (bicyclic) bond motifs is 2. The Kier molecular flexibility index (Phi) is 11.7. The van der Waals surface area contributed by atoms with Gasteiger partial charge >= 0.3 is 0 Å². The van der Waals surface area contributed by atoms with Crippen molar-refractivity contribution in [1.82, 2.24) is 39.2 Å². The summed E-state index contributed by atoms with van der Waals surface area (Å²) in [5.41, 5.74) is 12.6. The summed E-state index contributed by atoms with van der Waals surface area (Å²) in [6, 6.07) is 27.5. The van der Waals surface area contributed by atoms with Crippen LogP contribution in [0.3, 0.4) is 0 Å². The first-order valence-electron chi connectivity index (χ1n) is 19.8. The molecule has 7 heterocycles. The highest BCUT2D eigenvalue weighted by Crippen LogP contribution is 2.31. The van der Waals surface area contributed by atoms with Crippen molar-refractivity contribution in [2.75, 3.05) is 36.9 Å². The third-order valence-electron chi connectivity index (χ3n) is 9.73. The van der Waals surface area contributed by atoms with Crippen molar-refractivity contribution >= 4 is 29.0 Å². The van der Waals surface area contributed by atoms with Crippen LogP contribution in [-0.2, 0) is 9.47 Å². The molecule has 8 aromatic rings. The quantitative estimate of drug-likeness (QED) is 0.115. The number of carbonyl (C=O) groups is 1. The van der Waals surface area contributed by atoms with E-state index in [-0.39, 0.29) is 6.29 Å². The Morgan fingerprint density at radius 1 is 0.627 bits per heavy atom. The van der Waals surface area contributed by atoms with Gasteiger partial charge in [0.15, 0.2) is 17.6 Å². The zero-order valence-corrected chi connectivity index (χ0v) is 33.5. The van der Waals surface area contributed by atoms with Gasteiger partial charge < -0.3 is 20.1 Å². The van der Waals surface area contributed by atoms with Gasteiger partial charge in [0.05, 0.1) is 59.8 Å². The number of hydrogen-bond donors (Lipinski definition) is 2. The van der Waals surface area contributed by atoms with Crippen molar-refractivity contribution in [3.63, 3.8) is 0 Å². The van der Waals surface area contributed by atoms with Crippen molar-refractivity contribution in [1.29, 1.82) is 0 Å². The molecule has 13 heteroatoms. The first-order chi connectivity index (χ1) is 28.8. The molecular formula is C46H46N10O3. The summed E-state index contributed by atoms with van der Waals surface area (Å²) in [5, 5.41) is 16.8. The van der Waals surface area contributed by atoms with Crippen molar-refractivity contribution in [2.24, 2.45) is 11.8 Å². The molecule has 0 unspecified atom stereocenters. The Bertz CT molecular complexity index is 2640. The van der Waals surface area contributed by atoms with Crippen LogP contribution >= 0.6 is 0 Å². The molecule has 0 aliphatic carbocycles. The highest BCUT2D eigenvalue weighted by atomic mass is 16.7. The molecule has 2 N–H and O–H groups in total. The maximum atomic E-state index is 10.9. The van der Waals surface area contributed by atoms with E-state index in [1.54, 1.807) is 36.9 Å². The molecule has 0 bridgehead atoms. The monoisotopic (exact) mass is 786 g/mol. The van der Waals surface area contributed by atoms with Crippen molar-refractivity contribution in [3.8, 4) is 45.0 Å². The van der Waals surface area contributed by atoms with Crippen LogP contribution < -0.4 is 10.6 Å². The minimum Gasteiger partial charge on any atom is -0.382 e. The third-order valence-corrected chi connectivity index (χ3v) is 9.73. The molecule has 9 rings (SSSR count). The summed E-state index contributed by atoms with van der Waals surface area (Å²) >= 11 is 0. The van der Waals surface area contributed by atoms with Gasteiger partial charge in [0.1, 0.15) is 6.29 Å². The highest BCUT2D eigenvalue weighted by Gasteiger charge is 2.20. The Labute approximate surface area is 342 Å². The summed E-state index contributed by atoms with van der Waals surface area (Å²) in [4.78, 5) is 28.5. The Balaban J connectivity index is 0.000000165. The first kappa shape index (κ1) is 39.0. The zero-order chi connectivity index (χ0) is 40.7. The maximum absolute atomic E-state index is 10.9. The third kappa shape index (κ3) is 8.86. The average Bonchev–Trinajstić information content (AvgIpc) is 4.07. The van der Waals surface area contributed by atoms with Crippen molar-refractivity contribution in [3.05, 3.63) is 133 Å². The fourth-order valence-corrected chi connectivity index (χ4v) is 6.64. The molecule has 1 aliphatic rings. The molecule has 298 valence electrons. The number of benzene rings is 2. The van der Waals surface area contributed by atoms with Gasteiger partial charge in [0.2, 0.25) is 0 Å². The van der Waals surface area contributed by atoms with Gasteiger partial charge in [0, 0.05) is 71.3 Å². The van der Waals surface area contributed by atoms with Gasteiger partial charge in [-0.25, -0.2) is 19.0 Å². The van der Waals surface area contributed by atoms with E-state index in [1.165, 1.54) is 0 Å². The van der Waals surface area contributed by atoms with Crippen LogP contribution in [0.1, 0.15) is 49.9 Å². The molecule has 1 saturated heterocycles. The van der Waals surface area contributed by atoms with E-state index in [0.717, 1.165) is 92.6 Å². The van der Waals surface area contributed by atoms with Crippen LogP contribution in [0.2, 0.25) is 0 Å². The summed E-state index contributed by atoms with van der Waals surface area (Å²) in [7, 11) is 0. The number of hydrogen-bond acceptors (Lipinski definition) is 11. The van der Waals surface area contributed by atoms with E-state index in [4.69, 9.17) is 19.7 Å². The number of nitrogens with zero attached hydrogens (tertiary/aromatic N) is 8. The molecule has 0 atom stereocenters. The second kappa shape index (κ2) is 17.8. The average molecular weight is 787 g/mol. The highest BCUT2D eigenvalue weighted by molar-refractivity contribution is 5.80. The van der Waals surface area contributed by atoms with E-state index in [0.29, 0.717) is 30.6 Å². The minimum absolute atomic E-state index is 0.278. The van der Waals surface area contributed by atoms with Crippen LogP contribution in [0.15, 0.2) is 122 Å². The molecule has 0 amide bonds. The predicted octanol–water partition coefficient (Wildman–Crippen LogP) is 8.91. The summed E-state index contributed by atoms with van der Waals surface area (Å²) < 4.78 is 15.0. The number of ether oxygens (including phenoxy) is 2. The van der Waals surface area contributed by atoms with Crippen LogP contribution in [0.25, 0.3) is 56.3 Å². The van der Waals surface area contributed by atoms with Crippen molar-refractivity contribution in [2.45, 2.75) is 34.0 Å². The molecule has 0 saturated carbocycles. The van der Waals surface area contributed by atoms with Crippen LogP contribution in [-0.4, -0.2) is 71.8 Å². The Hall–Kier alpha value is -6.83. The number of aldehydes is 1. The maximum Gasteiger partial charge on any atom is 0.184 e. The normalized spacial score (nSPS) is 12.9. The fraction of sp³-hybridized carbons (Fsp3) is 0.239. The fourth-order valence-electron chi connectivity index (χ4n) is 6.64. The second-order valence-electron chi connectivity index (χ2n) is 15.1. The van der Waals surface area contributed by atoms with Crippen molar-refractivity contribution < 1.29 is 14.3 Å². The number of rotatable bonds is 12. The lowest BCUT2D eigenvalue weighted by molar-refractivity contribution is -0.0441. The Morgan fingerprint density at radius 2 is 1.07 bits per heavy atom. The smallest absolute Gasteiger partial charge is 0.184 e. The van der Waals surface area contributed by atoms with Crippen LogP contribution in [0.4, 0.5) is 11.4 Å². The standard InChI is InChI=1S/C24H25N5O2.C22H21N5O/c1-16(2)14-26-21-13-20(17-7-9-25-10-8-17)28-29-22(15-27-23(21)29)18-3-5-19(6-4-18)24-30-11-12-31-24;1-15(2)12-24-20-11-19(17-7-9-23-10-8-17)26-27-21(13-25-22(20)27)18-5-3-16(14-28)4-6-18/h3-10,13,15-16,24,26H,11-12,14H2,1-2H3;3-11,13-15,24H,12H2,1-2H3. The number of imidazole rings is 2. The van der Waals surface area contributed by atoms with Gasteiger partial charge in [-0.3, -0.25) is 14.8 Å². The minimum atomic E-state index is -0.278. The van der Waals surface area contributed by atoms with E-state index >= 15 is 0 Å². The number of anilines is 2. The van der Waals surface area contributed by atoms with Gasteiger partial charge in [-0.2, -0.15) is 10.2 Å². The zero-order valence-electron chi connectivity index (χ0n) is 33.5. The largest absolute Gasteiger partial charge is 0.382 e. The Morgan fingerprint density at radius 3 is 1.49 bits per heavy atom.